The van der Waals surface area contributed by atoms with Gasteiger partial charge in [-0.05, 0) is 64.7 Å². The van der Waals surface area contributed by atoms with E-state index in [0.29, 0.717) is 17.1 Å². The molecule has 0 saturated heterocycles. The van der Waals surface area contributed by atoms with Crippen LogP contribution in [0, 0.1) is 0 Å². The quantitative estimate of drug-likeness (QED) is 0.242. The minimum atomic E-state index is -0.500. The van der Waals surface area contributed by atoms with Crippen LogP contribution in [0.2, 0.25) is 0 Å². The second kappa shape index (κ2) is 10.2. The molecular weight excluding hydrogens is 484 g/mol. The van der Waals surface area contributed by atoms with E-state index in [1.807, 2.05) is 36.4 Å². The molecule has 4 N–H and O–H groups in total. The van der Waals surface area contributed by atoms with E-state index in [2.05, 4.69) is 0 Å². The Morgan fingerprint density at radius 3 is 1.76 bits per heavy atom. The van der Waals surface area contributed by atoms with Gasteiger partial charge in [0.1, 0.15) is 34.5 Å². The van der Waals surface area contributed by atoms with E-state index in [9.17, 15) is 20.4 Å². The number of rotatable bonds is 7. The SMILES string of the molecule is COc1cc(OC)cc([C@@H]2[C@@H](c3ccc(O)cc3)c3c(O)cc(O)cc3[C@H]2[C@H](OC)c2ccc(O)cc2)c1. The first-order chi connectivity index (χ1) is 18.3. The molecule has 0 bridgehead atoms. The van der Waals surface area contributed by atoms with Crippen molar-refractivity contribution in [2.24, 2.45) is 0 Å². The van der Waals surface area contributed by atoms with E-state index in [4.69, 9.17) is 14.2 Å². The van der Waals surface area contributed by atoms with Gasteiger partial charge in [0.15, 0.2) is 0 Å². The van der Waals surface area contributed by atoms with Gasteiger partial charge in [0.2, 0.25) is 0 Å². The Bertz CT molecular complexity index is 1410. The van der Waals surface area contributed by atoms with E-state index in [1.165, 1.54) is 6.07 Å². The summed E-state index contributed by atoms with van der Waals surface area (Å²) >= 11 is 0. The number of aromatic hydroxyl groups is 4. The second-order valence-corrected chi connectivity index (χ2v) is 9.48. The third-order valence-corrected chi connectivity index (χ3v) is 7.40. The molecule has 1 aliphatic carbocycles. The number of phenols is 4. The summed E-state index contributed by atoms with van der Waals surface area (Å²) in [5.41, 5.74) is 4.01. The first kappa shape index (κ1) is 25.3. The average Bonchev–Trinajstić information content (AvgIpc) is 3.25. The first-order valence-corrected chi connectivity index (χ1v) is 12.2. The van der Waals surface area contributed by atoms with Crippen molar-refractivity contribution in [2.45, 2.75) is 23.9 Å². The molecule has 0 spiro atoms. The summed E-state index contributed by atoms with van der Waals surface area (Å²) in [6.45, 7) is 0. The molecule has 4 atom stereocenters. The van der Waals surface area contributed by atoms with Crippen LogP contribution in [0.25, 0.3) is 0 Å². The Labute approximate surface area is 221 Å². The molecule has 38 heavy (non-hydrogen) atoms. The molecule has 196 valence electrons. The summed E-state index contributed by atoms with van der Waals surface area (Å²) < 4.78 is 17.3. The zero-order valence-electron chi connectivity index (χ0n) is 21.3. The number of fused-ring (bicyclic) bond motifs is 1. The number of phenolic OH excluding ortho intramolecular Hbond substituents is 4. The van der Waals surface area contributed by atoms with E-state index in [0.717, 1.165) is 22.3 Å². The molecule has 1 aliphatic rings. The molecule has 0 amide bonds. The molecule has 4 aromatic rings. The maximum atomic E-state index is 11.2. The smallest absolute Gasteiger partial charge is 0.123 e. The van der Waals surface area contributed by atoms with Crippen molar-refractivity contribution >= 4 is 0 Å². The molecule has 0 heterocycles. The van der Waals surface area contributed by atoms with Crippen LogP contribution >= 0.6 is 0 Å². The fourth-order valence-electron chi connectivity index (χ4n) is 5.82. The lowest BCUT2D eigenvalue weighted by Gasteiger charge is -2.32. The predicted molar refractivity (Wildman–Crippen MR) is 143 cm³/mol. The van der Waals surface area contributed by atoms with Crippen molar-refractivity contribution < 1.29 is 34.6 Å². The average molecular weight is 515 g/mol. The molecule has 0 aliphatic heterocycles. The molecule has 7 heteroatoms. The Kier molecular flexibility index (Phi) is 6.78. The maximum Gasteiger partial charge on any atom is 0.123 e. The lowest BCUT2D eigenvalue weighted by Crippen LogP contribution is -2.20. The third-order valence-electron chi connectivity index (χ3n) is 7.40. The van der Waals surface area contributed by atoms with Gasteiger partial charge in [0.05, 0.1) is 20.3 Å². The van der Waals surface area contributed by atoms with Crippen LogP contribution in [0.4, 0.5) is 0 Å². The van der Waals surface area contributed by atoms with E-state index in [1.54, 1.807) is 57.7 Å². The fourth-order valence-corrected chi connectivity index (χ4v) is 5.82. The molecule has 7 nitrogen and oxygen atoms in total. The summed E-state index contributed by atoms with van der Waals surface area (Å²) in [6, 6.07) is 22.5. The number of methoxy groups -OCH3 is 3. The van der Waals surface area contributed by atoms with Crippen molar-refractivity contribution in [3.05, 3.63) is 107 Å². The van der Waals surface area contributed by atoms with Crippen molar-refractivity contribution in [2.75, 3.05) is 21.3 Å². The van der Waals surface area contributed by atoms with Crippen LogP contribution in [0.5, 0.6) is 34.5 Å². The highest BCUT2D eigenvalue weighted by atomic mass is 16.5. The Morgan fingerprint density at radius 2 is 1.21 bits per heavy atom. The standard InChI is InChI=1S/C31H30O7/c1-36-23-12-19(13-24(16-23)37-2)28-27(17-4-8-20(32)9-5-17)29-25(14-22(34)15-26(29)35)30(28)31(38-3)18-6-10-21(33)11-7-18/h4-16,27-28,30-35H,1-3H3/t27-,28-,30-,31-/m1/s1. The largest absolute Gasteiger partial charge is 0.508 e. The fraction of sp³-hybridized carbons (Fsp3) is 0.226. The van der Waals surface area contributed by atoms with Crippen LogP contribution < -0.4 is 9.47 Å². The molecule has 4 aromatic carbocycles. The summed E-state index contributed by atoms with van der Waals surface area (Å²) in [6.07, 6.45) is -0.500. The highest BCUT2D eigenvalue weighted by Gasteiger charge is 2.48. The topological polar surface area (TPSA) is 109 Å². The van der Waals surface area contributed by atoms with E-state index in [-0.39, 0.29) is 40.8 Å². The van der Waals surface area contributed by atoms with Crippen LogP contribution in [0.1, 0.15) is 51.7 Å². The van der Waals surface area contributed by atoms with Crippen molar-refractivity contribution in [3.63, 3.8) is 0 Å². The maximum absolute atomic E-state index is 11.2. The highest BCUT2D eigenvalue weighted by molar-refractivity contribution is 5.61. The van der Waals surface area contributed by atoms with E-state index >= 15 is 0 Å². The van der Waals surface area contributed by atoms with Crippen LogP contribution in [-0.2, 0) is 4.74 Å². The lowest BCUT2D eigenvalue weighted by atomic mass is 9.74. The predicted octanol–water partition coefficient (Wildman–Crippen LogP) is 5.93. The minimum Gasteiger partial charge on any atom is -0.508 e. The van der Waals surface area contributed by atoms with Crippen LogP contribution in [0.15, 0.2) is 78.9 Å². The van der Waals surface area contributed by atoms with Gasteiger partial charge >= 0.3 is 0 Å². The first-order valence-electron chi connectivity index (χ1n) is 12.2. The third kappa shape index (κ3) is 4.46. The number of hydrogen-bond acceptors (Lipinski definition) is 7. The second-order valence-electron chi connectivity index (χ2n) is 9.48. The zero-order chi connectivity index (χ0) is 27.0. The molecule has 0 saturated carbocycles. The Balaban J connectivity index is 1.81. The van der Waals surface area contributed by atoms with Gasteiger partial charge in [-0.3, -0.25) is 0 Å². The van der Waals surface area contributed by atoms with Gasteiger partial charge in [0, 0.05) is 42.6 Å². The molecule has 0 radical (unpaired) electrons. The van der Waals surface area contributed by atoms with Crippen molar-refractivity contribution in [1.29, 1.82) is 0 Å². The van der Waals surface area contributed by atoms with Gasteiger partial charge in [0.25, 0.3) is 0 Å². The van der Waals surface area contributed by atoms with Crippen molar-refractivity contribution in [3.8, 4) is 34.5 Å². The van der Waals surface area contributed by atoms with Gasteiger partial charge in [-0.1, -0.05) is 24.3 Å². The number of ether oxygens (including phenoxy) is 3. The molecule has 5 rings (SSSR count). The summed E-state index contributed by atoms with van der Waals surface area (Å²) in [7, 11) is 4.81. The van der Waals surface area contributed by atoms with Crippen molar-refractivity contribution in [1.82, 2.24) is 0 Å². The van der Waals surface area contributed by atoms with Crippen LogP contribution in [-0.4, -0.2) is 41.8 Å². The zero-order valence-corrected chi connectivity index (χ0v) is 21.3. The monoisotopic (exact) mass is 514 g/mol. The Hall–Kier alpha value is -4.36. The minimum absolute atomic E-state index is 0.0269. The highest BCUT2D eigenvalue weighted by Crippen LogP contribution is 2.62. The van der Waals surface area contributed by atoms with Gasteiger partial charge in [-0.15, -0.1) is 0 Å². The summed E-state index contributed by atoms with van der Waals surface area (Å²) in [4.78, 5) is 0. The van der Waals surface area contributed by atoms with Gasteiger partial charge in [-0.25, -0.2) is 0 Å². The summed E-state index contributed by atoms with van der Waals surface area (Å²) in [5, 5.41) is 41.7. The number of hydrogen-bond donors (Lipinski definition) is 4. The Morgan fingerprint density at radius 1 is 0.632 bits per heavy atom. The number of benzene rings is 4. The molecule has 0 unspecified atom stereocenters. The van der Waals surface area contributed by atoms with Gasteiger partial charge < -0.3 is 34.6 Å². The summed E-state index contributed by atoms with van der Waals surface area (Å²) in [5.74, 6) is 0.397. The van der Waals surface area contributed by atoms with Gasteiger partial charge in [-0.2, -0.15) is 0 Å². The van der Waals surface area contributed by atoms with E-state index < -0.39 is 6.10 Å². The molecule has 0 aromatic heterocycles. The molecule has 0 fully saturated rings. The lowest BCUT2D eigenvalue weighted by molar-refractivity contribution is 0.0717. The van der Waals surface area contributed by atoms with Crippen LogP contribution in [0.3, 0.4) is 0 Å². The normalized spacial score (nSPS) is 19.1. The molecular formula is C31H30O7.